The van der Waals surface area contributed by atoms with E-state index in [-0.39, 0.29) is 24.3 Å². The molecular weight excluding hydrogens is 250 g/mol. The summed E-state index contributed by atoms with van der Waals surface area (Å²) in [5.74, 6) is -0.0615. The van der Waals surface area contributed by atoms with Crippen molar-refractivity contribution in [2.24, 2.45) is 0 Å². The zero-order chi connectivity index (χ0) is 13.1. The highest BCUT2D eigenvalue weighted by Gasteiger charge is 2.31. The summed E-state index contributed by atoms with van der Waals surface area (Å²) in [7, 11) is 0. The lowest BCUT2D eigenvalue weighted by Crippen LogP contribution is -2.57. The van der Waals surface area contributed by atoms with E-state index in [0.29, 0.717) is 19.5 Å². The molecule has 0 saturated carbocycles. The molecule has 1 atom stereocenters. The molecule has 1 saturated heterocycles. The summed E-state index contributed by atoms with van der Waals surface area (Å²) in [6.45, 7) is 4.97. The largest absolute Gasteiger partial charge is 0.353 e. The first-order chi connectivity index (χ1) is 8.61. The molecule has 1 aromatic heterocycles. The van der Waals surface area contributed by atoms with Gasteiger partial charge in [-0.05, 0) is 13.3 Å². The van der Waals surface area contributed by atoms with E-state index in [1.807, 2.05) is 19.2 Å². The molecule has 1 aromatic rings. The van der Waals surface area contributed by atoms with Crippen LogP contribution in [0.2, 0.25) is 0 Å². The maximum Gasteiger partial charge on any atom is 0.242 e. The quantitative estimate of drug-likeness (QED) is 0.878. The summed E-state index contributed by atoms with van der Waals surface area (Å²) in [6, 6.07) is -0.328. The molecule has 0 bridgehead atoms. The Kier molecular flexibility index (Phi) is 3.96. The van der Waals surface area contributed by atoms with Crippen molar-refractivity contribution in [2.45, 2.75) is 32.7 Å². The normalized spacial score (nSPS) is 19.8. The predicted molar refractivity (Wildman–Crippen MR) is 69.4 cm³/mol. The predicted octanol–water partition coefficient (Wildman–Crippen LogP) is 0.731. The summed E-state index contributed by atoms with van der Waals surface area (Å²) in [4.78, 5) is 29.8. The Morgan fingerprint density at radius 1 is 1.67 bits per heavy atom. The van der Waals surface area contributed by atoms with Crippen LogP contribution in [0.1, 0.15) is 24.0 Å². The van der Waals surface area contributed by atoms with Gasteiger partial charge in [-0.15, -0.1) is 11.3 Å². The number of hydrogen-bond donors (Lipinski definition) is 1. The molecule has 1 N–H and O–H groups in total. The van der Waals surface area contributed by atoms with Gasteiger partial charge in [0, 0.05) is 18.5 Å². The van der Waals surface area contributed by atoms with Crippen LogP contribution in [-0.4, -0.2) is 40.8 Å². The Labute approximate surface area is 110 Å². The molecule has 0 aromatic carbocycles. The highest BCUT2D eigenvalue weighted by Crippen LogP contribution is 2.13. The number of nitrogens with one attached hydrogen (secondary N) is 1. The number of hydrogen-bond acceptors (Lipinski definition) is 4. The van der Waals surface area contributed by atoms with Crippen molar-refractivity contribution in [1.29, 1.82) is 0 Å². The van der Waals surface area contributed by atoms with E-state index in [2.05, 4.69) is 10.3 Å². The fraction of sp³-hybridized carbons (Fsp3) is 0.583. The van der Waals surface area contributed by atoms with Gasteiger partial charge in [-0.3, -0.25) is 9.59 Å². The van der Waals surface area contributed by atoms with Gasteiger partial charge in [0.25, 0.3) is 0 Å². The summed E-state index contributed by atoms with van der Waals surface area (Å²) in [5.41, 5.74) is 0.795. The zero-order valence-corrected chi connectivity index (χ0v) is 11.4. The first-order valence-corrected chi connectivity index (χ1v) is 6.98. The number of piperazine rings is 1. The first kappa shape index (κ1) is 13.0. The van der Waals surface area contributed by atoms with E-state index in [1.165, 1.54) is 11.3 Å². The highest BCUT2D eigenvalue weighted by atomic mass is 32.1. The van der Waals surface area contributed by atoms with Crippen LogP contribution in [0.5, 0.6) is 0 Å². The third-order valence-electron chi connectivity index (χ3n) is 3.04. The fourth-order valence-electron chi connectivity index (χ4n) is 2.16. The molecule has 1 unspecified atom stereocenters. The number of nitrogens with zero attached hydrogens (tertiary/aromatic N) is 2. The third-order valence-corrected chi connectivity index (χ3v) is 3.86. The molecule has 2 rings (SSSR count). The van der Waals surface area contributed by atoms with Gasteiger partial charge >= 0.3 is 0 Å². The summed E-state index contributed by atoms with van der Waals surface area (Å²) >= 11 is 1.54. The van der Waals surface area contributed by atoms with Gasteiger partial charge in [0.1, 0.15) is 6.04 Å². The molecule has 1 fully saturated rings. The average molecular weight is 267 g/mol. The molecule has 2 heterocycles. The minimum Gasteiger partial charge on any atom is -0.353 e. The van der Waals surface area contributed by atoms with E-state index in [1.54, 1.807) is 4.90 Å². The number of aromatic nitrogens is 1. The number of amides is 2. The van der Waals surface area contributed by atoms with Crippen molar-refractivity contribution in [3.8, 4) is 0 Å². The lowest BCUT2D eigenvalue weighted by Gasteiger charge is -2.34. The smallest absolute Gasteiger partial charge is 0.242 e. The second-order valence-corrected chi connectivity index (χ2v) is 5.40. The number of rotatable bonds is 3. The van der Waals surface area contributed by atoms with Crippen LogP contribution in [0.4, 0.5) is 0 Å². The van der Waals surface area contributed by atoms with Crippen molar-refractivity contribution in [2.75, 3.05) is 13.1 Å². The molecule has 1 aliphatic heterocycles. The molecule has 98 valence electrons. The molecule has 6 heteroatoms. The van der Waals surface area contributed by atoms with Crippen molar-refractivity contribution in [3.05, 3.63) is 16.1 Å². The van der Waals surface area contributed by atoms with Crippen molar-refractivity contribution >= 4 is 23.2 Å². The monoisotopic (exact) mass is 267 g/mol. The van der Waals surface area contributed by atoms with Crippen LogP contribution in [-0.2, 0) is 16.0 Å². The van der Waals surface area contributed by atoms with Gasteiger partial charge in [-0.1, -0.05) is 6.92 Å². The molecule has 18 heavy (non-hydrogen) atoms. The second-order valence-electron chi connectivity index (χ2n) is 4.34. The van der Waals surface area contributed by atoms with E-state index >= 15 is 0 Å². The Balaban J connectivity index is 2.05. The minimum atomic E-state index is -0.328. The average Bonchev–Trinajstić information content (AvgIpc) is 2.74. The Bertz CT molecular complexity index is 458. The number of carbonyl (C=O) groups is 2. The molecule has 0 radical (unpaired) electrons. The maximum atomic E-state index is 12.2. The van der Waals surface area contributed by atoms with E-state index in [0.717, 1.165) is 10.7 Å². The van der Waals surface area contributed by atoms with Crippen molar-refractivity contribution < 1.29 is 9.59 Å². The molecule has 2 amide bonds. The van der Waals surface area contributed by atoms with E-state index in [4.69, 9.17) is 0 Å². The topological polar surface area (TPSA) is 62.3 Å². The Hall–Kier alpha value is -1.43. The van der Waals surface area contributed by atoms with E-state index < -0.39 is 0 Å². The fourth-order valence-corrected chi connectivity index (χ4v) is 2.78. The number of carbonyl (C=O) groups excluding carboxylic acids is 2. The van der Waals surface area contributed by atoms with Crippen LogP contribution < -0.4 is 5.32 Å². The standard InChI is InChI=1S/C12H17N3O2S/c1-3-10-12(17)13-4-5-15(10)11(16)6-9-7-18-8(2)14-9/h7,10H,3-6H2,1-2H3,(H,13,17). The van der Waals surface area contributed by atoms with E-state index in [9.17, 15) is 9.59 Å². The SMILES string of the molecule is CCC1C(=O)NCCN1C(=O)Cc1csc(C)n1. The van der Waals surface area contributed by atoms with Gasteiger partial charge in [-0.25, -0.2) is 4.98 Å². The maximum absolute atomic E-state index is 12.2. The van der Waals surface area contributed by atoms with Crippen LogP contribution in [0.25, 0.3) is 0 Å². The lowest BCUT2D eigenvalue weighted by atomic mass is 10.1. The molecule has 1 aliphatic rings. The third kappa shape index (κ3) is 2.69. The van der Waals surface area contributed by atoms with Crippen molar-refractivity contribution in [3.63, 3.8) is 0 Å². The van der Waals surface area contributed by atoms with Gasteiger partial charge in [-0.2, -0.15) is 0 Å². The Morgan fingerprint density at radius 2 is 2.44 bits per heavy atom. The molecule has 5 nitrogen and oxygen atoms in total. The van der Waals surface area contributed by atoms with Gasteiger partial charge in [0.05, 0.1) is 17.1 Å². The first-order valence-electron chi connectivity index (χ1n) is 6.10. The van der Waals surface area contributed by atoms with Gasteiger partial charge in [0.15, 0.2) is 0 Å². The second kappa shape index (κ2) is 5.48. The van der Waals surface area contributed by atoms with Crippen LogP contribution in [0.15, 0.2) is 5.38 Å². The number of thiazole rings is 1. The zero-order valence-electron chi connectivity index (χ0n) is 10.6. The minimum absolute atomic E-state index is 0.0120. The lowest BCUT2D eigenvalue weighted by molar-refractivity contribution is -0.142. The van der Waals surface area contributed by atoms with Crippen LogP contribution >= 0.6 is 11.3 Å². The summed E-state index contributed by atoms with van der Waals surface area (Å²) < 4.78 is 0. The summed E-state index contributed by atoms with van der Waals surface area (Å²) in [5, 5.41) is 5.65. The summed E-state index contributed by atoms with van der Waals surface area (Å²) in [6.07, 6.45) is 0.932. The number of aryl methyl sites for hydroxylation is 1. The van der Waals surface area contributed by atoms with Crippen LogP contribution in [0.3, 0.4) is 0 Å². The molecule has 0 aliphatic carbocycles. The van der Waals surface area contributed by atoms with Crippen molar-refractivity contribution in [1.82, 2.24) is 15.2 Å². The molecular formula is C12H17N3O2S. The van der Waals surface area contributed by atoms with Gasteiger partial charge in [0.2, 0.25) is 11.8 Å². The Morgan fingerprint density at radius 3 is 3.06 bits per heavy atom. The van der Waals surface area contributed by atoms with Crippen LogP contribution in [0, 0.1) is 6.92 Å². The van der Waals surface area contributed by atoms with Gasteiger partial charge < -0.3 is 10.2 Å². The highest BCUT2D eigenvalue weighted by molar-refractivity contribution is 7.09. The molecule has 0 spiro atoms.